The summed E-state index contributed by atoms with van der Waals surface area (Å²) in [4.78, 5) is 0. The van der Waals surface area contributed by atoms with Crippen LogP contribution in [-0.4, -0.2) is 22.5 Å². The van der Waals surface area contributed by atoms with E-state index in [2.05, 4.69) is 19.9 Å². The molecule has 0 aliphatic heterocycles. The van der Waals surface area contributed by atoms with Gasteiger partial charge in [0, 0.05) is 19.6 Å². The lowest BCUT2D eigenvalue weighted by Gasteiger charge is -2.15. The Morgan fingerprint density at radius 1 is 0.727 bits per heavy atom. The minimum absolute atomic E-state index is 0.619. The molecule has 0 N–H and O–H groups in total. The monoisotopic (exact) mass is 326 g/mol. The molecule has 0 aromatic carbocycles. The molecule has 129 valence electrons. The van der Waals surface area contributed by atoms with Crippen molar-refractivity contribution in [2.75, 3.05) is 13.2 Å². The molecule has 0 aromatic heterocycles. The Balaban J connectivity index is 3.67. The van der Waals surface area contributed by atoms with Crippen LogP contribution in [0.15, 0.2) is 0 Å². The highest BCUT2D eigenvalue weighted by molar-refractivity contribution is 6.44. The van der Waals surface area contributed by atoms with Gasteiger partial charge in [-0.15, -0.1) is 0 Å². The molecule has 0 bridgehead atoms. The van der Waals surface area contributed by atoms with Crippen molar-refractivity contribution >= 4 is 9.28 Å². The fourth-order valence-electron chi connectivity index (χ4n) is 2.28. The zero-order chi connectivity index (χ0) is 16.3. The summed E-state index contributed by atoms with van der Waals surface area (Å²) >= 11 is 0. The molecule has 3 nitrogen and oxygen atoms in total. The Bertz CT molecular complexity index is 240. The van der Waals surface area contributed by atoms with Crippen LogP contribution >= 0.6 is 0 Å². The third-order valence-corrected chi connectivity index (χ3v) is 5.51. The van der Waals surface area contributed by atoms with E-state index in [0.717, 1.165) is 38.5 Å². The van der Waals surface area contributed by atoms with Crippen molar-refractivity contribution < 1.29 is 8.85 Å². The average molecular weight is 327 g/mol. The predicted molar refractivity (Wildman–Crippen MR) is 94.8 cm³/mol. The van der Waals surface area contributed by atoms with E-state index in [0.29, 0.717) is 6.42 Å². The third kappa shape index (κ3) is 16.0. The van der Waals surface area contributed by atoms with Gasteiger partial charge in [-0.2, -0.15) is 5.26 Å². The third-order valence-electron chi connectivity index (χ3n) is 3.69. The lowest BCUT2D eigenvalue weighted by Crippen LogP contribution is -2.24. The summed E-state index contributed by atoms with van der Waals surface area (Å²) in [7, 11) is -1.15. The van der Waals surface area contributed by atoms with E-state index in [1.807, 2.05) is 0 Å². The van der Waals surface area contributed by atoms with Crippen molar-refractivity contribution in [3.8, 4) is 6.07 Å². The minimum atomic E-state index is -1.15. The summed E-state index contributed by atoms with van der Waals surface area (Å²) in [5, 5.41) is 8.65. The first-order valence-electron chi connectivity index (χ1n) is 9.33. The van der Waals surface area contributed by atoms with Crippen LogP contribution in [0.5, 0.6) is 0 Å². The van der Waals surface area contributed by atoms with Crippen molar-refractivity contribution in [3.63, 3.8) is 0 Å². The number of hydrogen-bond acceptors (Lipinski definition) is 3. The Hall–Kier alpha value is -0.373. The molecule has 0 unspecified atom stereocenters. The molecule has 0 aliphatic carbocycles. The highest BCUT2D eigenvalue weighted by atomic mass is 28.3. The van der Waals surface area contributed by atoms with E-state index in [-0.39, 0.29) is 0 Å². The maximum Gasteiger partial charge on any atom is 0.384 e. The SMILES string of the molecule is CCCCCCCO[Si](CCCC#N)OCCCCCCC. The van der Waals surface area contributed by atoms with Gasteiger partial charge in [-0.1, -0.05) is 65.2 Å². The first kappa shape index (κ1) is 21.6. The summed E-state index contributed by atoms with van der Waals surface area (Å²) in [6, 6.07) is 3.16. The molecule has 0 heterocycles. The van der Waals surface area contributed by atoms with Crippen molar-refractivity contribution in [2.24, 2.45) is 0 Å². The highest BCUT2D eigenvalue weighted by Crippen LogP contribution is 2.09. The molecule has 4 heteroatoms. The molecule has 0 fully saturated rings. The first-order chi connectivity index (χ1) is 10.8. The van der Waals surface area contributed by atoms with E-state index < -0.39 is 9.28 Å². The lowest BCUT2D eigenvalue weighted by molar-refractivity contribution is 0.188. The average Bonchev–Trinajstić information content (AvgIpc) is 2.53. The fourth-order valence-corrected chi connectivity index (χ4v) is 3.86. The zero-order valence-corrected chi connectivity index (χ0v) is 15.9. The Morgan fingerprint density at radius 3 is 1.68 bits per heavy atom. The molecule has 22 heavy (non-hydrogen) atoms. The van der Waals surface area contributed by atoms with Gasteiger partial charge in [0.25, 0.3) is 0 Å². The van der Waals surface area contributed by atoms with E-state index in [9.17, 15) is 0 Å². The number of hydrogen-bond donors (Lipinski definition) is 0. The Morgan fingerprint density at radius 2 is 1.23 bits per heavy atom. The first-order valence-corrected chi connectivity index (χ1v) is 10.9. The van der Waals surface area contributed by atoms with Gasteiger partial charge in [0.15, 0.2) is 0 Å². The molecule has 1 radical (unpaired) electrons. The van der Waals surface area contributed by atoms with Crippen LogP contribution in [-0.2, 0) is 8.85 Å². The summed E-state index contributed by atoms with van der Waals surface area (Å²) in [5.74, 6) is 0. The largest absolute Gasteiger partial charge is 0.393 e. The van der Waals surface area contributed by atoms with Crippen LogP contribution in [0.1, 0.15) is 90.9 Å². The summed E-state index contributed by atoms with van der Waals surface area (Å²) in [6.07, 6.45) is 14.2. The molecule has 0 aliphatic rings. The van der Waals surface area contributed by atoms with Crippen molar-refractivity contribution in [1.29, 1.82) is 5.26 Å². The molecule has 0 amide bonds. The second kappa shape index (κ2) is 18.7. The van der Waals surface area contributed by atoms with Crippen LogP contribution in [0.2, 0.25) is 6.04 Å². The van der Waals surface area contributed by atoms with Gasteiger partial charge >= 0.3 is 9.28 Å². The smallest absolute Gasteiger partial charge is 0.384 e. The van der Waals surface area contributed by atoms with Crippen LogP contribution in [0.4, 0.5) is 0 Å². The number of nitriles is 1. The van der Waals surface area contributed by atoms with Crippen LogP contribution in [0, 0.1) is 11.3 Å². The van der Waals surface area contributed by atoms with Gasteiger partial charge in [0.2, 0.25) is 0 Å². The van der Waals surface area contributed by atoms with Gasteiger partial charge in [0.05, 0.1) is 6.07 Å². The second-order valence-electron chi connectivity index (χ2n) is 5.91. The van der Waals surface area contributed by atoms with Gasteiger partial charge in [-0.05, 0) is 25.3 Å². The van der Waals surface area contributed by atoms with Gasteiger partial charge in [-0.25, -0.2) is 0 Å². The van der Waals surface area contributed by atoms with Gasteiger partial charge < -0.3 is 8.85 Å². The predicted octanol–water partition coefficient (Wildman–Crippen LogP) is 5.75. The summed E-state index contributed by atoms with van der Waals surface area (Å²) < 4.78 is 11.9. The minimum Gasteiger partial charge on any atom is -0.393 e. The molecular weight excluding hydrogens is 290 g/mol. The van der Waals surface area contributed by atoms with Crippen LogP contribution in [0.25, 0.3) is 0 Å². The van der Waals surface area contributed by atoms with E-state index in [1.165, 1.54) is 51.4 Å². The van der Waals surface area contributed by atoms with Crippen LogP contribution in [0.3, 0.4) is 0 Å². The normalized spacial score (nSPS) is 11.0. The molecule has 0 saturated heterocycles. The van der Waals surface area contributed by atoms with Crippen molar-refractivity contribution in [2.45, 2.75) is 96.9 Å². The highest BCUT2D eigenvalue weighted by Gasteiger charge is 2.15. The number of rotatable bonds is 17. The van der Waals surface area contributed by atoms with E-state index in [4.69, 9.17) is 14.1 Å². The molecular formula is C18H36NO2Si. The number of nitrogens with zero attached hydrogens (tertiary/aromatic N) is 1. The Kier molecular flexibility index (Phi) is 18.4. The fraction of sp³-hybridized carbons (Fsp3) is 0.944. The molecule has 0 atom stereocenters. The second-order valence-corrected chi connectivity index (χ2v) is 7.73. The molecule has 0 spiro atoms. The van der Waals surface area contributed by atoms with Crippen molar-refractivity contribution in [1.82, 2.24) is 0 Å². The van der Waals surface area contributed by atoms with Crippen molar-refractivity contribution in [3.05, 3.63) is 0 Å². The maximum absolute atomic E-state index is 8.65. The lowest BCUT2D eigenvalue weighted by atomic mass is 10.2. The van der Waals surface area contributed by atoms with Gasteiger partial charge in [-0.3, -0.25) is 0 Å². The standard InChI is InChI=1S/C18H36NO2Si/c1-3-5-7-9-12-16-20-22(18-14-11-15-19)21-17-13-10-8-6-4-2/h3-14,16-18H2,1-2H3. The molecule has 0 aromatic rings. The van der Waals surface area contributed by atoms with E-state index >= 15 is 0 Å². The maximum atomic E-state index is 8.65. The quantitative estimate of drug-likeness (QED) is 0.252. The molecule has 0 saturated carbocycles. The topological polar surface area (TPSA) is 42.2 Å². The van der Waals surface area contributed by atoms with Crippen LogP contribution < -0.4 is 0 Å². The molecule has 0 rings (SSSR count). The number of unbranched alkanes of at least 4 members (excludes halogenated alkanes) is 9. The Labute approximate surface area is 140 Å². The van der Waals surface area contributed by atoms with E-state index in [1.54, 1.807) is 0 Å². The summed E-state index contributed by atoms with van der Waals surface area (Å²) in [5.41, 5.74) is 0. The zero-order valence-electron chi connectivity index (χ0n) is 14.9. The summed E-state index contributed by atoms with van der Waals surface area (Å²) in [6.45, 7) is 6.14. The van der Waals surface area contributed by atoms with Gasteiger partial charge in [0.1, 0.15) is 0 Å².